The molecule has 138 valence electrons. The molecule has 27 heavy (non-hydrogen) atoms. The SMILES string of the molecule is O=C1N=C(N2CC[NH+](Cc3ccccc3)CC2)S/C1=C/c1ccccc1O. The summed E-state index contributed by atoms with van der Waals surface area (Å²) in [7, 11) is 0. The van der Waals surface area contributed by atoms with Crippen LogP contribution in [0.4, 0.5) is 0 Å². The number of rotatable bonds is 3. The molecule has 2 aromatic rings. The predicted octanol–water partition coefficient (Wildman–Crippen LogP) is 1.76. The van der Waals surface area contributed by atoms with Crippen molar-refractivity contribution in [2.45, 2.75) is 6.54 Å². The van der Waals surface area contributed by atoms with Crippen LogP contribution in [-0.2, 0) is 11.3 Å². The van der Waals surface area contributed by atoms with E-state index in [0.29, 0.717) is 10.5 Å². The Morgan fingerprint density at radius 2 is 1.78 bits per heavy atom. The number of nitrogens with zero attached hydrogens (tertiary/aromatic N) is 2. The molecular formula is C21H22N3O2S+. The lowest BCUT2D eigenvalue weighted by atomic mass is 10.2. The van der Waals surface area contributed by atoms with Crippen LogP contribution in [0.3, 0.4) is 0 Å². The van der Waals surface area contributed by atoms with Crippen LogP contribution in [0.1, 0.15) is 11.1 Å². The molecule has 2 N–H and O–H groups in total. The number of piperazine rings is 1. The van der Waals surface area contributed by atoms with Gasteiger partial charge >= 0.3 is 0 Å². The molecule has 0 atom stereocenters. The zero-order chi connectivity index (χ0) is 18.6. The molecule has 0 radical (unpaired) electrons. The number of carbonyl (C=O) groups is 1. The zero-order valence-electron chi connectivity index (χ0n) is 15.0. The Bertz CT molecular complexity index is 887. The van der Waals surface area contributed by atoms with Crippen molar-refractivity contribution in [3.63, 3.8) is 0 Å². The lowest BCUT2D eigenvalue weighted by Crippen LogP contribution is -3.13. The van der Waals surface area contributed by atoms with Gasteiger partial charge in [0.1, 0.15) is 12.3 Å². The average molecular weight is 380 g/mol. The van der Waals surface area contributed by atoms with Crippen molar-refractivity contribution in [1.82, 2.24) is 4.90 Å². The Labute approximate surface area is 163 Å². The molecule has 1 saturated heterocycles. The van der Waals surface area contributed by atoms with Crippen molar-refractivity contribution >= 4 is 28.9 Å². The number of phenols is 1. The highest BCUT2D eigenvalue weighted by atomic mass is 32.2. The smallest absolute Gasteiger partial charge is 0.286 e. The number of aromatic hydroxyl groups is 1. The van der Waals surface area contributed by atoms with E-state index in [1.807, 2.05) is 12.1 Å². The third kappa shape index (κ3) is 4.23. The molecule has 2 aliphatic rings. The van der Waals surface area contributed by atoms with E-state index in [4.69, 9.17) is 0 Å². The summed E-state index contributed by atoms with van der Waals surface area (Å²) in [6.45, 7) is 4.88. The summed E-state index contributed by atoms with van der Waals surface area (Å²) in [5.41, 5.74) is 2.00. The third-order valence-corrected chi connectivity index (χ3v) is 5.92. The van der Waals surface area contributed by atoms with Crippen LogP contribution in [0.5, 0.6) is 5.75 Å². The number of hydrogen-bond acceptors (Lipinski definition) is 4. The molecular weight excluding hydrogens is 358 g/mol. The van der Waals surface area contributed by atoms with Gasteiger partial charge in [-0.25, -0.2) is 0 Å². The lowest BCUT2D eigenvalue weighted by molar-refractivity contribution is -0.917. The fourth-order valence-electron chi connectivity index (χ4n) is 3.36. The molecule has 2 aromatic carbocycles. The Morgan fingerprint density at radius 1 is 1.07 bits per heavy atom. The molecule has 1 amide bonds. The van der Waals surface area contributed by atoms with E-state index < -0.39 is 0 Å². The highest BCUT2D eigenvalue weighted by Gasteiger charge is 2.29. The van der Waals surface area contributed by atoms with Gasteiger partial charge in [0.15, 0.2) is 5.17 Å². The van der Waals surface area contributed by atoms with E-state index >= 15 is 0 Å². The fraction of sp³-hybridized carbons (Fsp3) is 0.238. The summed E-state index contributed by atoms with van der Waals surface area (Å²) in [6.07, 6.45) is 1.72. The van der Waals surface area contributed by atoms with E-state index in [9.17, 15) is 9.90 Å². The topological polar surface area (TPSA) is 57.3 Å². The molecule has 2 aliphatic heterocycles. The monoisotopic (exact) mass is 380 g/mol. The molecule has 0 aliphatic carbocycles. The summed E-state index contributed by atoms with van der Waals surface area (Å²) in [5.74, 6) is -0.0534. The number of hydrogen-bond donors (Lipinski definition) is 2. The van der Waals surface area contributed by atoms with Crippen molar-refractivity contribution in [3.8, 4) is 5.75 Å². The van der Waals surface area contributed by atoms with Crippen LogP contribution in [0.2, 0.25) is 0 Å². The van der Waals surface area contributed by atoms with E-state index in [-0.39, 0.29) is 11.7 Å². The van der Waals surface area contributed by atoms with E-state index in [2.05, 4.69) is 34.2 Å². The Balaban J connectivity index is 1.36. The van der Waals surface area contributed by atoms with Crippen molar-refractivity contribution in [1.29, 1.82) is 0 Å². The highest BCUT2D eigenvalue weighted by Crippen LogP contribution is 2.31. The molecule has 5 nitrogen and oxygen atoms in total. The molecule has 0 aromatic heterocycles. The van der Waals surface area contributed by atoms with Crippen LogP contribution >= 0.6 is 11.8 Å². The first kappa shape index (κ1) is 17.8. The molecule has 0 bridgehead atoms. The molecule has 1 fully saturated rings. The van der Waals surface area contributed by atoms with E-state index in [1.54, 1.807) is 29.2 Å². The van der Waals surface area contributed by atoms with Gasteiger partial charge in [0.25, 0.3) is 5.91 Å². The van der Waals surface area contributed by atoms with Crippen molar-refractivity contribution in [2.75, 3.05) is 26.2 Å². The number of amides is 1. The van der Waals surface area contributed by atoms with Gasteiger partial charge in [-0.05, 0) is 23.9 Å². The summed E-state index contributed by atoms with van der Waals surface area (Å²) in [6, 6.07) is 17.6. The minimum absolute atomic E-state index is 0.171. The number of quaternary nitrogens is 1. The number of para-hydroxylation sites is 1. The van der Waals surface area contributed by atoms with Gasteiger partial charge in [-0.1, -0.05) is 48.5 Å². The maximum Gasteiger partial charge on any atom is 0.286 e. The first-order chi connectivity index (χ1) is 13.2. The Kier molecular flexibility index (Phi) is 5.27. The second kappa shape index (κ2) is 7.98. The average Bonchev–Trinajstić information content (AvgIpc) is 3.05. The molecule has 0 saturated carbocycles. The minimum atomic E-state index is -0.225. The molecule has 2 heterocycles. The largest absolute Gasteiger partial charge is 0.507 e. The number of carbonyl (C=O) groups excluding carboxylic acids is 1. The summed E-state index contributed by atoms with van der Waals surface area (Å²) in [5, 5.41) is 10.7. The van der Waals surface area contributed by atoms with Crippen LogP contribution in [0, 0.1) is 0 Å². The molecule has 0 spiro atoms. The Morgan fingerprint density at radius 3 is 2.52 bits per heavy atom. The van der Waals surface area contributed by atoms with Crippen LogP contribution in [0.15, 0.2) is 64.5 Å². The molecule has 4 rings (SSSR count). The summed E-state index contributed by atoms with van der Waals surface area (Å²) in [4.78, 5) is 20.8. The van der Waals surface area contributed by atoms with Gasteiger partial charge in [-0.3, -0.25) is 4.79 Å². The minimum Gasteiger partial charge on any atom is -0.507 e. The lowest BCUT2D eigenvalue weighted by Gasteiger charge is -2.32. The number of thioether (sulfide) groups is 1. The fourth-order valence-corrected chi connectivity index (χ4v) is 4.32. The number of phenolic OH excluding ortho intramolecular Hbond substituents is 1. The highest BCUT2D eigenvalue weighted by molar-refractivity contribution is 8.18. The van der Waals surface area contributed by atoms with Crippen LogP contribution in [0.25, 0.3) is 6.08 Å². The second-order valence-corrected chi connectivity index (χ2v) is 7.78. The van der Waals surface area contributed by atoms with Gasteiger partial charge in [0, 0.05) is 11.1 Å². The van der Waals surface area contributed by atoms with E-state index in [1.165, 1.54) is 17.3 Å². The first-order valence-corrected chi connectivity index (χ1v) is 9.94. The predicted molar refractivity (Wildman–Crippen MR) is 109 cm³/mol. The number of nitrogens with one attached hydrogen (secondary N) is 1. The standard InChI is InChI=1S/C21H21N3O2S/c25-18-9-5-4-8-17(18)14-19-20(26)22-21(27-19)24-12-10-23(11-13-24)15-16-6-2-1-3-7-16/h1-9,14,25H,10-13,15H2/p+1/b19-14+. The summed E-state index contributed by atoms with van der Waals surface area (Å²) >= 11 is 1.40. The van der Waals surface area contributed by atoms with E-state index in [0.717, 1.165) is 37.9 Å². The first-order valence-electron chi connectivity index (χ1n) is 9.12. The third-order valence-electron chi connectivity index (χ3n) is 4.87. The van der Waals surface area contributed by atoms with Crippen molar-refractivity contribution in [3.05, 3.63) is 70.6 Å². The number of benzene rings is 2. The molecule has 6 heteroatoms. The maximum atomic E-state index is 12.3. The summed E-state index contributed by atoms with van der Waals surface area (Å²) < 4.78 is 0. The zero-order valence-corrected chi connectivity index (χ0v) is 15.8. The molecule has 0 unspecified atom stereocenters. The van der Waals surface area contributed by atoms with Gasteiger partial charge in [-0.2, -0.15) is 4.99 Å². The van der Waals surface area contributed by atoms with Crippen LogP contribution in [-0.4, -0.2) is 47.3 Å². The number of aliphatic imine (C=N–C) groups is 1. The number of amidine groups is 1. The second-order valence-electron chi connectivity index (χ2n) is 6.77. The van der Waals surface area contributed by atoms with Crippen LogP contribution < -0.4 is 4.90 Å². The normalized spacial score (nSPS) is 19.6. The maximum absolute atomic E-state index is 12.3. The quantitative estimate of drug-likeness (QED) is 0.797. The van der Waals surface area contributed by atoms with Gasteiger partial charge < -0.3 is 14.9 Å². The van der Waals surface area contributed by atoms with Gasteiger partial charge in [0.05, 0.1) is 31.1 Å². The van der Waals surface area contributed by atoms with Crippen molar-refractivity contribution < 1.29 is 14.8 Å². The van der Waals surface area contributed by atoms with Gasteiger partial charge in [0.2, 0.25) is 0 Å². The Hall–Kier alpha value is -2.57. The van der Waals surface area contributed by atoms with Gasteiger partial charge in [-0.15, -0.1) is 0 Å². The van der Waals surface area contributed by atoms with Crippen molar-refractivity contribution in [2.24, 2.45) is 4.99 Å².